The largest absolute Gasteiger partial charge is 0.476 e. The van der Waals surface area contributed by atoms with Gasteiger partial charge in [-0.3, -0.25) is 0 Å². The molecule has 1 rings (SSSR count). The Morgan fingerprint density at radius 1 is 1.67 bits per heavy atom. The van der Waals surface area contributed by atoms with E-state index in [1.54, 1.807) is 6.07 Å². The predicted octanol–water partition coefficient (Wildman–Crippen LogP) is 0.588. The summed E-state index contributed by atoms with van der Waals surface area (Å²) in [6.45, 7) is 0. The Balaban J connectivity index is 3.17. The number of hydrogen-bond acceptors (Lipinski definition) is 4. The van der Waals surface area contributed by atoms with Crippen LogP contribution in [0.5, 0.6) is 0 Å². The van der Waals surface area contributed by atoms with Crippen LogP contribution in [0.15, 0.2) is 23.5 Å². The van der Waals surface area contributed by atoms with Crippen molar-refractivity contribution in [1.29, 1.82) is 0 Å². The van der Waals surface area contributed by atoms with E-state index < -0.39 is 5.97 Å². The number of aromatic nitrogens is 1. The first-order valence-corrected chi connectivity index (χ1v) is 3.11. The predicted molar refractivity (Wildman–Crippen MR) is 40.6 cm³/mol. The van der Waals surface area contributed by atoms with E-state index in [9.17, 15) is 4.79 Å². The Labute approximate surface area is 68.0 Å². The number of nitrogens with zero attached hydrogens (tertiary/aromatic N) is 2. The van der Waals surface area contributed by atoms with Crippen LogP contribution in [-0.4, -0.2) is 27.5 Å². The molecule has 0 saturated heterocycles. The summed E-state index contributed by atoms with van der Waals surface area (Å²) in [4.78, 5) is 14.1. The molecule has 5 heteroatoms. The van der Waals surface area contributed by atoms with Crippen molar-refractivity contribution in [1.82, 2.24) is 4.98 Å². The van der Waals surface area contributed by atoms with Crippen molar-refractivity contribution in [2.45, 2.75) is 0 Å². The fourth-order valence-corrected chi connectivity index (χ4v) is 0.763. The summed E-state index contributed by atoms with van der Waals surface area (Å²) < 4.78 is 0. The van der Waals surface area contributed by atoms with Gasteiger partial charge in [-0.1, -0.05) is 5.16 Å². The third kappa shape index (κ3) is 1.57. The first-order chi connectivity index (χ1) is 5.75. The normalized spacial score (nSPS) is 10.3. The third-order valence-electron chi connectivity index (χ3n) is 1.24. The van der Waals surface area contributed by atoms with E-state index in [4.69, 9.17) is 10.3 Å². The highest BCUT2D eigenvalue weighted by molar-refractivity contribution is 5.96. The summed E-state index contributed by atoms with van der Waals surface area (Å²) in [6.07, 6.45) is 2.38. The van der Waals surface area contributed by atoms with Crippen molar-refractivity contribution >= 4 is 12.2 Å². The van der Waals surface area contributed by atoms with Gasteiger partial charge in [0.25, 0.3) is 0 Å². The SMILES string of the molecule is O=C(O)c1ncccc1C=NO. The van der Waals surface area contributed by atoms with Gasteiger partial charge in [0.1, 0.15) is 0 Å². The average Bonchev–Trinajstić information content (AvgIpc) is 2.05. The first kappa shape index (κ1) is 8.19. The Bertz CT molecular complexity index is 322. The maximum absolute atomic E-state index is 10.5. The van der Waals surface area contributed by atoms with Crippen molar-refractivity contribution in [3.05, 3.63) is 29.6 Å². The molecule has 0 bridgehead atoms. The van der Waals surface area contributed by atoms with E-state index in [2.05, 4.69) is 10.1 Å². The number of aromatic carboxylic acids is 1. The molecule has 62 valence electrons. The second kappa shape index (κ2) is 3.47. The van der Waals surface area contributed by atoms with Gasteiger partial charge in [-0.05, 0) is 12.1 Å². The molecule has 1 aromatic heterocycles. The smallest absolute Gasteiger partial charge is 0.355 e. The van der Waals surface area contributed by atoms with E-state index in [0.717, 1.165) is 6.21 Å². The molecule has 0 fully saturated rings. The van der Waals surface area contributed by atoms with Crippen LogP contribution >= 0.6 is 0 Å². The zero-order chi connectivity index (χ0) is 8.97. The molecule has 0 aliphatic rings. The summed E-state index contributed by atoms with van der Waals surface area (Å²) >= 11 is 0. The van der Waals surface area contributed by atoms with Crippen LogP contribution in [0.2, 0.25) is 0 Å². The van der Waals surface area contributed by atoms with Gasteiger partial charge in [-0.15, -0.1) is 0 Å². The van der Waals surface area contributed by atoms with Crippen molar-refractivity contribution in [3.63, 3.8) is 0 Å². The number of oxime groups is 1. The minimum atomic E-state index is -1.15. The van der Waals surface area contributed by atoms with Crippen LogP contribution in [0.1, 0.15) is 16.1 Å². The van der Waals surface area contributed by atoms with Crippen molar-refractivity contribution < 1.29 is 15.1 Å². The number of carboxylic acids is 1. The summed E-state index contributed by atoms with van der Waals surface area (Å²) in [7, 11) is 0. The second-order valence-electron chi connectivity index (χ2n) is 1.99. The molecule has 0 aliphatic carbocycles. The summed E-state index contributed by atoms with van der Waals surface area (Å²) in [5, 5.41) is 19.5. The van der Waals surface area contributed by atoms with E-state index in [1.807, 2.05) is 0 Å². The molecule has 0 amide bonds. The Morgan fingerprint density at radius 2 is 2.42 bits per heavy atom. The van der Waals surface area contributed by atoms with Gasteiger partial charge in [0, 0.05) is 11.8 Å². The van der Waals surface area contributed by atoms with Crippen molar-refractivity contribution in [2.75, 3.05) is 0 Å². The summed E-state index contributed by atoms with van der Waals surface area (Å²) in [6, 6.07) is 3.06. The highest BCUT2D eigenvalue weighted by Gasteiger charge is 2.08. The van der Waals surface area contributed by atoms with Gasteiger partial charge < -0.3 is 10.3 Å². The van der Waals surface area contributed by atoms with E-state index in [1.165, 1.54) is 12.3 Å². The quantitative estimate of drug-likeness (QED) is 0.382. The molecule has 0 atom stereocenters. The van der Waals surface area contributed by atoms with Gasteiger partial charge in [0.15, 0.2) is 5.69 Å². The fourth-order valence-electron chi connectivity index (χ4n) is 0.763. The molecular weight excluding hydrogens is 160 g/mol. The highest BCUT2D eigenvalue weighted by Crippen LogP contribution is 2.01. The third-order valence-corrected chi connectivity index (χ3v) is 1.24. The lowest BCUT2D eigenvalue weighted by atomic mass is 10.2. The molecule has 2 N–H and O–H groups in total. The van der Waals surface area contributed by atoms with Crippen LogP contribution < -0.4 is 0 Å². The lowest BCUT2D eigenvalue weighted by Gasteiger charge is -1.95. The Hall–Kier alpha value is -1.91. The maximum atomic E-state index is 10.5. The standard InChI is InChI=1S/C7H6N2O3/c10-7(11)6-5(4-9-12)2-1-3-8-6/h1-4,12H,(H,10,11). The zero-order valence-electron chi connectivity index (χ0n) is 6.01. The summed E-state index contributed by atoms with van der Waals surface area (Å²) in [5.41, 5.74) is 0.141. The Morgan fingerprint density at radius 3 is 3.00 bits per heavy atom. The summed E-state index contributed by atoms with van der Waals surface area (Å²) in [5.74, 6) is -1.15. The molecule has 0 saturated carbocycles. The van der Waals surface area contributed by atoms with Crippen LogP contribution in [0, 0.1) is 0 Å². The maximum Gasteiger partial charge on any atom is 0.355 e. The van der Waals surface area contributed by atoms with Gasteiger partial charge >= 0.3 is 5.97 Å². The minimum absolute atomic E-state index is 0.129. The lowest BCUT2D eigenvalue weighted by Crippen LogP contribution is -2.04. The average molecular weight is 166 g/mol. The van der Waals surface area contributed by atoms with Gasteiger partial charge in [0.05, 0.1) is 6.21 Å². The topological polar surface area (TPSA) is 82.8 Å². The van der Waals surface area contributed by atoms with E-state index in [0.29, 0.717) is 0 Å². The molecule has 1 aromatic rings. The number of rotatable bonds is 2. The zero-order valence-corrected chi connectivity index (χ0v) is 6.01. The highest BCUT2D eigenvalue weighted by atomic mass is 16.4. The molecule has 0 aromatic carbocycles. The molecule has 0 unspecified atom stereocenters. The number of pyridine rings is 1. The van der Waals surface area contributed by atoms with Crippen LogP contribution in [-0.2, 0) is 0 Å². The monoisotopic (exact) mass is 166 g/mol. The lowest BCUT2D eigenvalue weighted by molar-refractivity contribution is 0.0690. The van der Waals surface area contributed by atoms with Crippen LogP contribution in [0.4, 0.5) is 0 Å². The first-order valence-electron chi connectivity index (χ1n) is 3.11. The molecule has 0 spiro atoms. The minimum Gasteiger partial charge on any atom is -0.476 e. The molecule has 0 radical (unpaired) electrons. The van der Waals surface area contributed by atoms with E-state index in [-0.39, 0.29) is 11.3 Å². The van der Waals surface area contributed by atoms with Gasteiger partial charge in [-0.25, -0.2) is 9.78 Å². The van der Waals surface area contributed by atoms with E-state index >= 15 is 0 Å². The van der Waals surface area contributed by atoms with Crippen LogP contribution in [0.25, 0.3) is 0 Å². The van der Waals surface area contributed by atoms with Crippen LogP contribution in [0.3, 0.4) is 0 Å². The second-order valence-corrected chi connectivity index (χ2v) is 1.99. The Kier molecular flexibility index (Phi) is 2.37. The molecular formula is C7H6N2O3. The number of carboxylic acid groups (broad SMARTS) is 1. The molecule has 5 nitrogen and oxygen atoms in total. The molecule has 1 heterocycles. The molecule has 12 heavy (non-hydrogen) atoms. The number of carbonyl (C=O) groups is 1. The number of hydrogen-bond donors (Lipinski definition) is 2. The fraction of sp³-hybridized carbons (Fsp3) is 0. The molecule has 0 aliphatic heterocycles. The van der Waals surface area contributed by atoms with Gasteiger partial charge in [-0.2, -0.15) is 0 Å². The van der Waals surface area contributed by atoms with Crippen molar-refractivity contribution in [3.8, 4) is 0 Å². The van der Waals surface area contributed by atoms with Crippen molar-refractivity contribution in [2.24, 2.45) is 5.16 Å². The van der Waals surface area contributed by atoms with Gasteiger partial charge in [0.2, 0.25) is 0 Å².